The van der Waals surface area contributed by atoms with Gasteiger partial charge in [-0.15, -0.1) is 0 Å². The van der Waals surface area contributed by atoms with E-state index in [1.807, 2.05) is 0 Å². The molecule has 2 aromatic carbocycles. The summed E-state index contributed by atoms with van der Waals surface area (Å²) in [5.41, 5.74) is 0.418. The molecule has 2 aliphatic rings. The molecule has 25 heavy (non-hydrogen) atoms. The Morgan fingerprint density at radius 3 is 2.44 bits per heavy atom. The Morgan fingerprint density at radius 2 is 1.72 bits per heavy atom. The Bertz CT molecular complexity index is 936. The van der Waals surface area contributed by atoms with E-state index in [4.69, 9.17) is 9.47 Å². The first kappa shape index (κ1) is 15.9. The third-order valence-corrected chi connectivity index (χ3v) is 6.44. The number of likely N-dealkylation sites (tertiary alicyclic amines) is 1. The molecule has 0 bridgehead atoms. The highest BCUT2D eigenvalue weighted by Crippen LogP contribution is 2.33. The second-order valence-electron chi connectivity index (χ2n) is 5.90. The van der Waals surface area contributed by atoms with Crippen LogP contribution in [0.3, 0.4) is 0 Å². The van der Waals surface area contributed by atoms with Crippen LogP contribution in [0.4, 0.5) is 4.39 Å². The van der Waals surface area contributed by atoms with Gasteiger partial charge >= 0.3 is 0 Å². The molecule has 1 amide bonds. The van der Waals surface area contributed by atoms with E-state index in [1.165, 1.54) is 17.0 Å². The zero-order valence-corrected chi connectivity index (χ0v) is 13.8. The zero-order valence-electron chi connectivity index (χ0n) is 13.0. The second-order valence-corrected chi connectivity index (χ2v) is 8.13. The number of halogens is 1. The van der Waals surface area contributed by atoms with Crippen molar-refractivity contribution >= 4 is 15.7 Å². The molecule has 0 aromatic heterocycles. The summed E-state index contributed by atoms with van der Waals surface area (Å²) in [6.45, 7) is 0.328. The highest BCUT2D eigenvalue weighted by Gasteiger charge is 2.41. The van der Waals surface area contributed by atoms with Gasteiger partial charge in [0.2, 0.25) is 6.79 Å². The van der Waals surface area contributed by atoms with Crippen molar-refractivity contribution in [2.75, 3.05) is 19.9 Å². The predicted molar refractivity (Wildman–Crippen MR) is 85.8 cm³/mol. The van der Waals surface area contributed by atoms with Crippen molar-refractivity contribution in [1.29, 1.82) is 0 Å². The minimum Gasteiger partial charge on any atom is -0.454 e. The van der Waals surface area contributed by atoms with E-state index in [2.05, 4.69) is 0 Å². The summed E-state index contributed by atoms with van der Waals surface area (Å²) >= 11 is 0. The molecule has 1 fully saturated rings. The average molecular weight is 363 g/mol. The number of nitrogens with zero attached hydrogens (tertiary/aromatic N) is 1. The maximum absolute atomic E-state index is 13.0. The van der Waals surface area contributed by atoms with Gasteiger partial charge in [0.25, 0.3) is 5.91 Å². The van der Waals surface area contributed by atoms with Gasteiger partial charge in [0, 0.05) is 18.7 Å². The van der Waals surface area contributed by atoms with E-state index in [1.54, 1.807) is 18.2 Å². The lowest BCUT2D eigenvalue weighted by Gasteiger charge is -2.38. The molecule has 0 unspecified atom stereocenters. The van der Waals surface area contributed by atoms with Crippen LogP contribution in [0.1, 0.15) is 10.4 Å². The Labute approximate surface area is 143 Å². The SMILES string of the molecule is O=C(c1ccc2c(c1)OCO2)N1CC(S(=O)(=O)c2ccc(F)cc2)C1. The third kappa shape index (κ3) is 2.72. The van der Waals surface area contributed by atoms with Gasteiger partial charge in [-0.3, -0.25) is 4.79 Å². The number of fused-ring (bicyclic) bond motifs is 1. The van der Waals surface area contributed by atoms with Crippen molar-refractivity contribution in [3.05, 3.63) is 53.8 Å². The highest BCUT2D eigenvalue weighted by atomic mass is 32.2. The third-order valence-electron chi connectivity index (χ3n) is 4.34. The van der Waals surface area contributed by atoms with E-state index in [9.17, 15) is 17.6 Å². The minimum absolute atomic E-state index is 0.0640. The number of ether oxygens (including phenoxy) is 2. The number of benzene rings is 2. The van der Waals surface area contributed by atoms with E-state index >= 15 is 0 Å². The number of carbonyl (C=O) groups is 1. The standard InChI is InChI=1S/C17H14FNO5S/c18-12-2-4-13(5-3-12)25(21,22)14-8-19(9-14)17(20)11-1-6-15-16(7-11)24-10-23-15/h1-7,14H,8-10H2. The predicted octanol–water partition coefficient (Wildman–Crippen LogP) is 1.85. The quantitative estimate of drug-likeness (QED) is 0.779. The molecule has 0 saturated carbocycles. The fraction of sp³-hybridized carbons (Fsp3) is 0.235. The van der Waals surface area contributed by atoms with Crippen molar-refractivity contribution < 1.29 is 27.1 Å². The lowest BCUT2D eigenvalue weighted by Crippen LogP contribution is -2.56. The number of amides is 1. The molecule has 0 radical (unpaired) electrons. The van der Waals surface area contributed by atoms with Gasteiger partial charge in [-0.05, 0) is 42.5 Å². The van der Waals surface area contributed by atoms with Crippen LogP contribution in [0.2, 0.25) is 0 Å². The van der Waals surface area contributed by atoms with Gasteiger partial charge in [0.1, 0.15) is 11.1 Å². The van der Waals surface area contributed by atoms with Crippen LogP contribution in [0.15, 0.2) is 47.4 Å². The fourth-order valence-corrected chi connectivity index (χ4v) is 4.48. The molecule has 2 heterocycles. The topological polar surface area (TPSA) is 72.9 Å². The Balaban J connectivity index is 1.46. The van der Waals surface area contributed by atoms with Crippen molar-refractivity contribution in [3.63, 3.8) is 0 Å². The van der Waals surface area contributed by atoms with Gasteiger partial charge in [-0.2, -0.15) is 0 Å². The molecule has 0 spiro atoms. The first-order valence-electron chi connectivity index (χ1n) is 7.63. The van der Waals surface area contributed by atoms with Crippen LogP contribution in [-0.4, -0.2) is 44.4 Å². The van der Waals surface area contributed by atoms with Crippen LogP contribution >= 0.6 is 0 Å². The molecule has 0 aliphatic carbocycles. The lowest BCUT2D eigenvalue weighted by molar-refractivity contribution is 0.0658. The largest absolute Gasteiger partial charge is 0.454 e. The van der Waals surface area contributed by atoms with Gasteiger partial charge < -0.3 is 14.4 Å². The molecule has 0 N–H and O–H groups in total. The van der Waals surface area contributed by atoms with Crippen molar-refractivity contribution in [1.82, 2.24) is 4.90 Å². The monoisotopic (exact) mass is 363 g/mol. The molecule has 6 nitrogen and oxygen atoms in total. The van der Waals surface area contributed by atoms with E-state index in [0.717, 1.165) is 12.1 Å². The fourth-order valence-electron chi connectivity index (χ4n) is 2.83. The zero-order chi connectivity index (χ0) is 17.6. The van der Waals surface area contributed by atoms with Crippen molar-refractivity contribution in [3.8, 4) is 11.5 Å². The van der Waals surface area contributed by atoms with Gasteiger partial charge in [-0.1, -0.05) is 0 Å². The number of rotatable bonds is 3. The smallest absolute Gasteiger partial charge is 0.254 e. The molecule has 2 aliphatic heterocycles. The summed E-state index contributed by atoms with van der Waals surface area (Å²) in [4.78, 5) is 14.0. The van der Waals surface area contributed by atoms with Crippen LogP contribution < -0.4 is 9.47 Å². The number of sulfone groups is 1. The molecule has 1 saturated heterocycles. The summed E-state index contributed by atoms with van der Waals surface area (Å²) in [5.74, 6) is 0.329. The van der Waals surface area contributed by atoms with Crippen LogP contribution in [0.25, 0.3) is 0 Å². The van der Waals surface area contributed by atoms with Crippen LogP contribution in [0.5, 0.6) is 11.5 Å². The molecule has 2 aromatic rings. The minimum atomic E-state index is -3.58. The molecular weight excluding hydrogens is 349 g/mol. The summed E-state index contributed by atoms with van der Waals surface area (Å²) < 4.78 is 48.4. The first-order chi connectivity index (χ1) is 11.9. The summed E-state index contributed by atoms with van der Waals surface area (Å²) in [7, 11) is -3.58. The van der Waals surface area contributed by atoms with Crippen molar-refractivity contribution in [2.45, 2.75) is 10.1 Å². The summed E-state index contributed by atoms with van der Waals surface area (Å²) in [6, 6.07) is 9.58. The highest BCUT2D eigenvalue weighted by molar-refractivity contribution is 7.92. The normalized spacial score (nSPS) is 16.6. The average Bonchev–Trinajstić information content (AvgIpc) is 3.01. The van der Waals surface area contributed by atoms with Crippen LogP contribution in [0, 0.1) is 5.82 Å². The van der Waals surface area contributed by atoms with Crippen molar-refractivity contribution in [2.24, 2.45) is 0 Å². The summed E-state index contributed by atoms with van der Waals surface area (Å²) in [6.07, 6.45) is 0. The second kappa shape index (κ2) is 5.73. The van der Waals surface area contributed by atoms with Gasteiger partial charge in [-0.25, -0.2) is 12.8 Å². The maximum Gasteiger partial charge on any atom is 0.254 e. The Kier molecular flexibility index (Phi) is 3.64. The van der Waals surface area contributed by atoms with E-state index in [0.29, 0.717) is 17.1 Å². The molecule has 0 atom stereocenters. The van der Waals surface area contributed by atoms with Crippen LogP contribution in [-0.2, 0) is 9.84 Å². The Morgan fingerprint density at radius 1 is 1.04 bits per heavy atom. The Hall–Kier alpha value is -2.61. The summed E-state index contributed by atoms with van der Waals surface area (Å²) in [5, 5.41) is -0.684. The first-order valence-corrected chi connectivity index (χ1v) is 9.18. The lowest BCUT2D eigenvalue weighted by atomic mass is 10.1. The molecule has 4 rings (SSSR count). The molecule has 130 valence electrons. The number of hydrogen-bond donors (Lipinski definition) is 0. The molecule has 8 heteroatoms. The molecular formula is C17H14FNO5S. The van der Waals surface area contributed by atoms with E-state index < -0.39 is 20.9 Å². The van der Waals surface area contributed by atoms with Gasteiger partial charge in [0.05, 0.1) is 4.90 Å². The maximum atomic E-state index is 13.0. The number of carbonyl (C=O) groups excluding carboxylic acids is 1. The number of hydrogen-bond acceptors (Lipinski definition) is 5. The van der Waals surface area contributed by atoms with E-state index in [-0.39, 0.29) is 30.7 Å². The van der Waals surface area contributed by atoms with Gasteiger partial charge in [0.15, 0.2) is 21.3 Å².